The summed E-state index contributed by atoms with van der Waals surface area (Å²) in [5.41, 5.74) is -0.0284. The van der Waals surface area contributed by atoms with Gasteiger partial charge in [0.2, 0.25) is 0 Å². The SMILES string of the molecule is COC(=O)CCC(NC(=O)c1cc(F)ccc1Br)C(=O)O. The molecule has 0 aliphatic rings. The third kappa shape index (κ3) is 5.14. The van der Waals surface area contributed by atoms with Gasteiger partial charge in [-0.25, -0.2) is 9.18 Å². The van der Waals surface area contributed by atoms with Gasteiger partial charge in [-0.1, -0.05) is 0 Å². The normalized spacial score (nSPS) is 11.6. The number of carboxylic acids is 1. The molecule has 0 aliphatic heterocycles. The van der Waals surface area contributed by atoms with Crippen LogP contribution < -0.4 is 5.32 Å². The van der Waals surface area contributed by atoms with E-state index in [-0.39, 0.29) is 18.4 Å². The molecule has 0 radical (unpaired) electrons. The third-order valence-corrected chi connectivity index (χ3v) is 3.33. The monoisotopic (exact) mass is 361 g/mol. The Kier molecular flexibility index (Phi) is 6.29. The van der Waals surface area contributed by atoms with Gasteiger partial charge in [-0.15, -0.1) is 0 Å². The van der Waals surface area contributed by atoms with Crippen molar-refractivity contribution in [2.75, 3.05) is 7.11 Å². The first-order valence-corrected chi connectivity index (χ1v) is 6.70. The van der Waals surface area contributed by atoms with Gasteiger partial charge in [0, 0.05) is 10.9 Å². The Morgan fingerprint density at radius 3 is 2.67 bits per heavy atom. The Bertz CT molecular complexity index is 563. The van der Waals surface area contributed by atoms with Crippen LogP contribution in [0.15, 0.2) is 22.7 Å². The van der Waals surface area contributed by atoms with E-state index in [1.54, 1.807) is 0 Å². The second-order valence-electron chi connectivity index (χ2n) is 4.10. The zero-order valence-corrected chi connectivity index (χ0v) is 12.6. The standard InChI is InChI=1S/C13H13BrFNO5/c1-21-11(17)5-4-10(13(19)20)16-12(18)8-6-7(15)2-3-9(8)14/h2-3,6,10H,4-5H2,1H3,(H,16,18)(H,19,20). The summed E-state index contributed by atoms with van der Waals surface area (Å²) in [4.78, 5) is 34.0. The first-order valence-electron chi connectivity index (χ1n) is 5.90. The van der Waals surface area contributed by atoms with Crippen molar-refractivity contribution in [1.29, 1.82) is 0 Å². The van der Waals surface area contributed by atoms with E-state index in [1.165, 1.54) is 13.2 Å². The van der Waals surface area contributed by atoms with Gasteiger partial charge in [0.05, 0.1) is 12.7 Å². The number of hydrogen-bond donors (Lipinski definition) is 2. The van der Waals surface area contributed by atoms with E-state index in [0.717, 1.165) is 12.1 Å². The molecule has 0 bridgehead atoms. The highest BCUT2D eigenvalue weighted by atomic mass is 79.9. The van der Waals surface area contributed by atoms with Crippen molar-refractivity contribution < 1.29 is 28.6 Å². The lowest BCUT2D eigenvalue weighted by Gasteiger charge is -2.14. The average molecular weight is 362 g/mol. The number of hydrogen-bond acceptors (Lipinski definition) is 4. The van der Waals surface area contributed by atoms with Crippen molar-refractivity contribution in [3.63, 3.8) is 0 Å². The number of carbonyl (C=O) groups is 3. The number of carbonyl (C=O) groups excluding carboxylic acids is 2. The Balaban J connectivity index is 2.79. The molecule has 0 saturated carbocycles. The number of rotatable bonds is 6. The van der Waals surface area contributed by atoms with Crippen LogP contribution in [-0.2, 0) is 14.3 Å². The Hall–Kier alpha value is -1.96. The zero-order valence-electron chi connectivity index (χ0n) is 11.1. The molecule has 1 unspecified atom stereocenters. The number of aliphatic carboxylic acids is 1. The smallest absolute Gasteiger partial charge is 0.326 e. The highest BCUT2D eigenvalue weighted by molar-refractivity contribution is 9.10. The van der Waals surface area contributed by atoms with Crippen molar-refractivity contribution >= 4 is 33.8 Å². The van der Waals surface area contributed by atoms with Gasteiger partial charge in [0.1, 0.15) is 11.9 Å². The summed E-state index contributed by atoms with van der Waals surface area (Å²) < 4.78 is 17.9. The third-order valence-electron chi connectivity index (χ3n) is 2.64. The van der Waals surface area contributed by atoms with Crippen molar-refractivity contribution in [3.05, 3.63) is 34.1 Å². The Morgan fingerprint density at radius 2 is 2.10 bits per heavy atom. The van der Waals surface area contributed by atoms with Crippen LogP contribution in [0.3, 0.4) is 0 Å². The molecule has 1 atom stereocenters. The van der Waals surface area contributed by atoms with Gasteiger partial charge in [0.25, 0.3) is 5.91 Å². The lowest BCUT2D eigenvalue weighted by Crippen LogP contribution is -2.41. The number of nitrogens with one attached hydrogen (secondary N) is 1. The van der Waals surface area contributed by atoms with Crippen molar-refractivity contribution in [2.24, 2.45) is 0 Å². The molecule has 0 saturated heterocycles. The minimum atomic E-state index is -1.29. The molecule has 8 heteroatoms. The maximum atomic E-state index is 13.1. The maximum Gasteiger partial charge on any atom is 0.326 e. The first-order chi connectivity index (χ1) is 9.85. The van der Waals surface area contributed by atoms with Crippen LogP contribution in [0.1, 0.15) is 23.2 Å². The molecule has 0 aliphatic carbocycles. The molecule has 1 rings (SSSR count). The lowest BCUT2D eigenvalue weighted by molar-refractivity contribution is -0.142. The topological polar surface area (TPSA) is 92.7 Å². The Labute approximate surface area is 128 Å². The molecule has 1 amide bonds. The van der Waals surface area contributed by atoms with E-state index in [9.17, 15) is 18.8 Å². The van der Waals surface area contributed by atoms with Crippen LogP contribution in [0.5, 0.6) is 0 Å². The van der Waals surface area contributed by atoms with Crippen molar-refractivity contribution in [1.82, 2.24) is 5.32 Å². The first kappa shape index (κ1) is 17.1. The number of ether oxygens (including phenoxy) is 1. The van der Waals surface area contributed by atoms with Gasteiger partial charge in [0.15, 0.2) is 0 Å². The van der Waals surface area contributed by atoms with E-state index >= 15 is 0 Å². The van der Waals surface area contributed by atoms with Gasteiger partial charge < -0.3 is 15.2 Å². The van der Waals surface area contributed by atoms with Crippen LogP contribution in [0.25, 0.3) is 0 Å². The quantitative estimate of drug-likeness (QED) is 0.752. The molecular formula is C13H13BrFNO5. The average Bonchev–Trinajstić information content (AvgIpc) is 2.44. The molecule has 1 aromatic carbocycles. The van der Waals surface area contributed by atoms with Gasteiger partial charge >= 0.3 is 11.9 Å². The summed E-state index contributed by atoms with van der Waals surface area (Å²) in [6.45, 7) is 0. The number of methoxy groups -OCH3 is 1. The highest BCUT2D eigenvalue weighted by Gasteiger charge is 2.23. The van der Waals surface area contributed by atoms with Crippen LogP contribution in [0.2, 0.25) is 0 Å². The van der Waals surface area contributed by atoms with Crippen molar-refractivity contribution in [2.45, 2.75) is 18.9 Å². The highest BCUT2D eigenvalue weighted by Crippen LogP contribution is 2.18. The minimum Gasteiger partial charge on any atom is -0.480 e. The molecule has 1 aromatic rings. The molecule has 6 nitrogen and oxygen atoms in total. The molecule has 0 spiro atoms. The fourth-order valence-electron chi connectivity index (χ4n) is 1.53. The molecule has 2 N–H and O–H groups in total. The molecule has 114 valence electrons. The van der Waals surface area contributed by atoms with Gasteiger partial charge in [-0.05, 0) is 40.5 Å². The fourth-order valence-corrected chi connectivity index (χ4v) is 1.96. The summed E-state index contributed by atoms with van der Waals surface area (Å²) >= 11 is 3.08. The summed E-state index contributed by atoms with van der Waals surface area (Å²) in [5.74, 6) is -3.24. The van der Waals surface area contributed by atoms with Gasteiger partial charge in [-0.2, -0.15) is 0 Å². The molecule has 0 heterocycles. The number of esters is 1. The second kappa shape index (κ2) is 7.72. The van der Waals surface area contributed by atoms with Gasteiger partial charge in [-0.3, -0.25) is 9.59 Å². The molecule has 0 aromatic heterocycles. The molecule has 21 heavy (non-hydrogen) atoms. The fraction of sp³-hybridized carbons (Fsp3) is 0.308. The number of carboxylic acid groups (broad SMARTS) is 1. The van der Waals surface area contributed by atoms with Crippen molar-refractivity contribution in [3.8, 4) is 0 Å². The maximum absolute atomic E-state index is 13.1. The van der Waals surface area contributed by atoms with Crippen LogP contribution >= 0.6 is 15.9 Å². The predicted molar refractivity (Wildman–Crippen MR) is 74.2 cm³/mol. The van der Waals surface area contributed by atoms with Crippen LogP contribution in [-0.4, -0.2) is 36.1 Å². The summed E-state index contributed by atoms with van der Waals surface area (Å²) in [5, 5.41) is 11.3. The Morgan fingerprint density at radius 1 is 1.43 bits per heavy atom. The largest absolute Gasteiger partial charge is 0.480 e. The van der Waals surface area contributed by atoms with E-state index in [4.69, 9.17) is 5.11 Å². The van der Waals surface area contributed by atoms with E-state index in [0.29, 0.717) is 4.47 Å². The summed E-state index contributed by atoms with van der Waals surface area (Å²) in [7, 11) is 1.18. The van der Waals surface area contributed by atoms with E-state index in [2.05, 4.69) is 26.0 Å². The van der Waals surface area contributed by atoms with E-state index < -0.39 is 29.7 Å². The summed E-state index contributed by atoms with van der Waals surface area (Å²) in [6, 6.07) is 2.21. The lowest BCUT2D eigenvalue weighted by atomic mass is 10.1. The number of amides is 1. The predicted octanol–water partition coefficient (Wildman–Crippen LogP) is 1.72. The number of benzene rings is 1. The van der Waals surface area contributed by atoms with Crippen LogP contribution in [0.4, 0.5) is 4.39 Å². The number of halogens is 2. The minimum absolute atomic E-state index is 0.0284. The second-order valence-corrected chi connectivity index (χ2v) is 4.96. The zero-order chi connectivity index (χ0) is 16.0. The van der Waals surface area contributed by atoms with Crippen LogP contribution in [0, 0.1) is 5.82 Å². The van der Waals surface area contributed by atoms with E-state index in [1.807, 2.05) is 0 Å². The molecular weight excluding hydrogens is 349 g/mol. The molecule has 0 fully saturated rings. The summed E-state index contributed by atoms with van der Waals surface area (Å²) in [6.07, 6.45) is -0.279.